The van der Waals surface area contributed by atoms with Crippen LogP contribution in [0.2, 0.25) is 0 Å². The average Bonchev–Trinajstić information content (AvgIpc) is 3.90. The van der Waals surface area contributed by atoms with Crippen molar-refractivity contribution in [2.24, 2.45) is 0 Å². The summed E-state index contributed by atoms with van der Waals surface area (Å²) in [5, 5.41) is 4.98. The van der Waals surface area contributed by atoms with Crippen LogP contribution in [-0.2, 0) is 5.41 Å². The van der Waals surface area contributed by atoms with Crippen molar-refractivity contribution in [3.63, 3.8) is 0 Å². The van der Waals surface area contributed by atoms with Crippen molar-refractivity contribution < 1.29 is 0 Å². The predicted molar refractivity (Wildman–Crippen MR) is 253 cm³/mol. The molecule has 11 aromatic rings. The molecule has 9 aromatic carbocycles. The second-order valence-corrected chi connectivity index (χ2v) is 16.6. The molecule has 0 saturated carbocycles. The van der Waals surface area contributed by atoms with Gasteiger partial charge in [0.25, 0.3) is 0 Å². The minimum Gasteiger partial charge on any atom is -0.310 e. The number of hydrogen-bond acceptors (Lipinski definition) is 1. The predicted octanol–water partition coefficient (Wildman–Crippen LogP) is 15.3. The van der Waals surface area contributed by atoms with Gasteiger partial charge in [0.05, 0.1) is 22.1 Å². The highest BCUT2D eigenvalue weighted by molar-refractivity contribution is 6.11. The first-order valence-electron chi connectivity index (χ1n) is 20.9. The lowest BCUT2D eigenvalue weighted by molar-refractivity contribution is 0.660. The van der Waals surface area contributed by atoms with E-state index in [2.05, 4.69) is 240 Å². The second kappa shape index (κ2) is 13.2. The third-order valence-corrected chi connectivity index (χ3v) is 12.9. The van der Waals surface area contributed by atoms with Gasteiger partial charge in [0.1, 0.15) is 0 Å². The molecule has 2 aromatic heterocycles. The van der Waals surface area contributed by atoms with E-state index >= 15 is 0 Å². The molecule has 0 bridgehead atoms. The molecule has 0 N–H and O–H groups in total. The quantitative estimate of drug-likeness (QED) is 0.164. The van der Waals surface area contributed by atoms with Gasteiger partial charge in [-0.3, -0.25) is 0 Å². The number of fused-ring (bicyclic) bond motifs is 9. The van der Waals surface area contributed by atoms with Crippen LogP contribution >= 0.6 is 0 Å². The van der Waals surface area contributed by atoms with Crippen LogP contribution in [0.1, 0.15) is 25.0 Å². The monoisotopic (exact) mass is 767 g/mol. The molecule has 0 amide bonds. The molecule has 3 heteroatoms. The summed E-state index contributed by atoms with van der Waals surface area (Å²) in [4.78, 5) is 2.44. The second-order valence-electron chi connectivity index (χ2n) is 16.6. The molecular formula is C57H41N3. The van der Waals surface area contributed by atoms with Crippen LogP contribution in [-0.4, -0.2) is 9.13 Å². The Kier molecular flexibility index (Phi) is 7.58. The lowest BCUT2D eigenvalue weighted by Crippen LogP contribution is -2.16. The van der Waals surface area contributed by atoms with Gasteiger partial charge in [0.2, 0.25) is 0 Å². The standard InChI is InChI=1S/C57H41N3/c1-57(2)51-25-13-9-21-45(51)46-32-30-42(37-52(46)57)58(40-17-5-3-6-18-40)43-33-39(34-44(36-43)60-54-27-15-10-22-47(54)48-23-11-16-28-55(48)60)38-29-31-50-49-24-12-14-26-53(49)59(56(50)35-38)41-19-7-4-8-20-41/h3-37H,1-2H3. The average molecular weight is 768 g/mol. The molecule has 0 saturated heterocycles. The van der Waals surface area contributed by atoms with Crippen molar-refractivity contribution in [1.82, 2.24) is 9.13 Å². The van der Waals surface area contributed by atoms with Crippen molar-refractivity contribution in [3.8, 4) is 33.6 Å². The van der Waals surface area contributed by atoms with Crippen LogP contribution in [0.3, 0.4) is 0 Å². The summed E-state index contributed by atoms with van der Waals surface area (Å²) in [7, 11) is 0. The summed E-state index contributed by atoms with van der Waals surface area (Å²) in [6.45, 7) is 4.72. The van der Waals surface area contributed by atoms with E-state index < -0.39 is 0 Å². The Morgan fingerprint density at radius 3 is 1.57 bits per heavy atom. The molecule has 0 radical (unpaired) electrons. The van der Waals surface area contributed by atoms with Crippen molar-refractivity contribution in [1.29, 1.82) is 0 Å². The maximum Gasteiger partial charge on any atom is 0.0547 e. The van der Waals surface area contributed by atoms with Gasteiger partial charge in [0, 0.05) is 55.4 Å². The van der Waals surface area contributed by atoms with E-state index in [-0.39, 0.29) is 5.41 Å². The van der Waals surface area contributed by atoms with Crippen LogP contribution < -0.4 is 4.90 Å². The molecule has 0 atom stereocenters. The highest BCUT2D eigenvalue weighted by atomic mass is 15.1. The Morgan fingerprint density at radius 1 is 0.333 bits per heavy atom. The van der Waals surface area contributed by atoms with Crippen molar-refractivity contribution in [2.45, 2.75) is 19.3 Å². The number of anilines is 3. The lowest BCUT2D eigenvalue weighted by Gasteiger charge is -2.29. The van der Waals surface area contributed by atoms with E-state index in [1.54, 1.807) is 0 Å². The minimum atomic E-state index is -0.132. The topological polar surface area (TPSA) is 13.1 Å². The summed E-state index contributed by atoms with van der Waals surface area (Å²) < 4.78 is 4.86. The van der Waals surface area contributed by atoms with Crippen LogP contribution in [0.15, 0.2) is 212 Å². The fraction of sp³-hybridized carbons (Fsp3) is 0.0526. The SMILES string of the molecule is CC1(C)c2ccccc2-c2ccc(N(c3ccccc3)c3cc(-c4ccc5c6ccccc6n(-c6ccccc6)c5c4)cc(-n4c5ccccc5c5ccccc54)c3)cc21. The summed E-state index contributed by atoms with van der Waals surface area (Å²) in [6, 6.07) is 78.0. The third-order valence-electron chi connectivity index (χ3n) is 12.9. The smallest absolute Gasteiger partial charge is 0.0547 e. The molecule has 3 nitrogen and oxygen atoms in total. The summed E-state index contributed by atoms with van der Waals surface area (Å²) >= 11 is 0. The van der Waals surface area contributed by atoms with Gasteiger partial charge in [-0.05, 0) is 112 Å². The summed E-state index contributed by atoms with van der Waals surface area (Å²) in [6.07, 6.45) is 0. The fourth-order valence-corrected chi connectivity index (χ4v) is 10.1. The summed E-state index contributed by atoms with van der Waals surface area (Å²) in [5.41, 5.74) is 17.9. The van der Waals surface area contributed by atoms with Crippen LogP contribution in [0.4, 0.5) is 17.1 Å². The normalized spacial score (nSPS) is 13.0. The Morgan fingerprint density at radius 2 is 0.883 bits per heavy atom. The lowest BCUT2D eigenvalue weighted by atomic mass is 9.82. The number of benzene rings is 9. The molecular weight excluding hydrogens is 727 g/mol. The highest BCUT2D eigenvalue weighted by Crippen LogP contribution is 2.51. The molecule has 284 valence electrons. The fourth-order valence-electron chi connectivity index (χ4n) is 10.1. The Labute approximate surface area is 349 Å². The van der Waals surface area contributed by atoms with Crippen molar-refractivity contribution >= 4 is 60.7 Å². The molecule has 0 unspecified atom stereocenters. The molecule has 0 fully saturated rings. The third kappa shape index (κ3) is 5.15. The first-order chi connectivity index (χ1) is 29.5. The summed E-state index contributed by atoms with van der Waals surface area (Å²) in [5.74, 6) is 0. The van der Waals surface area contributed by atoms with E-state index in [0.717, 1.165) is 39.6 Å². The van der Waals surface area contributed by atoms with Gasteiger partial charge < -0.3 is 14.0 Å². The van der Waals surface area contributed by atoms with Gasteiger partial charge in [0.15, 0.2) is 0 Å². The van der Waals surface area contributed by atoms with E-state index in [1.165, 1.54) is 65.9 Å². The zero-order valence-corrected chi connectivity index (χ0v) is 33.5. The number of hydrogen-bond donors (Lipinski definition) is 0. The minimum absolute atomic E-state index is 0.132. The molecule has 60 heavy (non-hydrogen) atoms. The largest absolute Gasteiger partial charge is 0.310 e. The van der Waals surface area contributed by atoms with Gasteiger partial charge in [-0.2, -0.15) is 0 Å². The molecule has 1 aliphatic carbocycles. The number of aromatic nitrogens is 2. The Hall–Kier alpha value is -7.62. The van der Waals surface area contributed by atoms with E-state index in [9.17, 15) is 0 Å². The van der Waals surface area contributed by atoms with Gasteiger partial charge >= 0.3 is 0 Å². The first-order valence-corrected chi connectivity index (χ1v) is 20.9. The van der Waals surface area contributed by atoms with E-state index in [4.69, 9.17) is 0 Å². The molecule has 0 aliphatic heterocycles. The zero-order chi connectivity index (χ0) is 40.0. The van der Waals surface area contributed by atoms with Crippen LogP contribution in [0, 0.1) is 0 Å². The van der Waals surface area contributed by atoms with Gasteiger partial charge in [-0.1, -0.05) is 147 Å². The number of rotatable bonds is 6. The maximum atomic E-state index is 2.45. The number of para-hydroxylation sites is 5. The zero-order valence-electron chi connectivity index (χ0n) is 33.5. The van der Waals surface area contributed by atoms with Gasteiger partial charge in [-0.25, -0.2) is 0 Å². The van der Waals surface area contributed by atoms with Gasteiger partial charge in [-0.15, -0.1) is 0 Å². The molecule has 0 spiro atoms. The molecule has 12 rings (SSSR count). The van der Waals surface area contributed by atoms with Crippen LogP contribution in [0.5, 0.6) is 0 Å². The van der Waals surface area contributed by atoms with Crippen molar-refractivity contribution in [3.05, 3.63) is 223 Å². The number of nitrogens with zero attached hydrogens (tertiary/aromatic N) is 3. The molecule has 1 aliphatic rings. The molecule has 2 heterocycles. The Balaban J connectivity index is 1.14. The van der Waals surface area contributed by atoms with Crippen molar-refractivity contribution in [2.75, 3.05) is 4.90 Å². The first kappa shape index (κ1) is 34.4. The van der Waals surface area contributed by atoms with E-state index in [0.29, 0.717) is 0 Å². The van der Waals surface area contributed by atoms with E-state index in [1.807, 2.05) is 0 Å². The maximum absolute atomic E-state index is 2.45. The Bertz CT molecular complexity index is 3410. The van der Waals surface area contributed by atoms with Crippen LogP contribution in [0.25, 0.3) is 77.2 Å². The highest BCUT2D eigenvalue weighted by Gasteiger charge is 2.36.